The molecule has 0 bridgehead atoms. The van der Waals surface area contributed by atoms with E-state index >= 15 is 0 Å². The lowest BCUT2D eigenvalue weighted by atomic mass is 9.75. The van der Waals surface area contributed by atoms with Crippen LogP contribution in [0.4, 0.5) is 5.69 Å². The van der Waals surface area contributed by atoms with E-state index in [0.29, 0.717) is 36.2 Å². The van der Waals surface area contributed by atoms with Gasteiger partial charge >= 0.3 is 0 Å². The SMILES string of the molecule is CCCC[C@H](NC(=O)c1[nH]c2c(c1C)C(=O)CC(C)(C)C2)C(=O)NCc1ccc(N2CCN(CCC)CC2)cc1. The van der Waals surface area contributed by atoms with E-state index in [1.807, 2.05) is 6.92 Å². The Hall–Kier alpha value is -3.13. The van der Waals surface area contributed by atoms with Crippen molar-refractivity contribution in [3.05, 3.63) is 52.3 Å². The zero-order valence-electron chi connectivity index (χ0n) is 25.0. The van der Waals surface area contributed by atoms with E-state index in [-0.39, 0.29) is 23.0 Å². The van der Waals surface area contributed by atoms with Gasteiger partial charge in [0.15, 0.2) is 5.78 Å². The van der Waals surface area contributed by atoms with Crippen LogP contribution >= 0.6 is 0 Å². The van der Waals surface area contributed by atoms with E-state index < -0.39 is 6.04 Å². The summed E-state index contributed by atoms with van der Waals surface area (Å²) in [5.74, 6) is -0.453. The van der Waals surface area contributed by atoms with Gasteiger partial charge in [-0.1, -0.05) is 52.7 Å². The van der Waals surface area contributed by atoms with Crippen LogP contribution in [0, 0.1) is 12.3 Å². The number of Topliss-reactive ketones (excluding diaryl/α,β-unsaturated/α-hetero) is 1. The lowest BCUT2D eigenvalue weighted by molar-refractivity contribution is -0.123. The molecule has 1 atom stereocenters. The van der Waals surface area contributed by atoms with Crippen molar-refractivity contribution in [2.75, 3.05) is 37.6 Å². The lowest BCUT2D eigenvalue weighted by Crippen LogP contribution is -2.47. The number of hydrogen-bond donors (Lipinski definition) is 3. The summed E-state index contributed by atoms with van der Waals surface area (Å²) in [6.45, 7) is 16.1. The number of hydrogen-bond acceptors (Lipinski definition) is 5. The zero-order chi connectivity index (χ0) is 28.9. The lowest BCUT2D eigenvalue weighted by Gasteiger charge is -2.36. The Labute approximate surface area is 239 Å². The first-order chi connectivity index (χ1) is 19.1. The number of ketones is 1. The molecule has 0 radical (unpaired) electrons. The molecule has 1 fully saturated rings. The first-order valence-electron chi connectivity index (χ1n) is 15.0. The van der Waals surface area contributed by atoms with Crippen molar-refractivity contribution >= 4 is 23.3 Å². The number of piperazine rings is 1. The van der Waals surface area contributed by atoms with Gasteiger partial charge in [-0.15, -0.1) is 0 Å². The third kappa shape index (κ3) is 7.14. The highest BCUT2D eigenvalue weighted by Crippen LogP contribution is 2.36. The van der Waals surface area contributed by atoms with Gasteiger partial charge in [-0.05, 0) is 61.4 Å². The van der Waals surface area contributed by atoms with E-state index in [1.165, 1.54) is 12.1 Å². The van der Waals surface area contributed by atoms with Gasteiger partial charge in [-0.25, -0.2) is 0 Å². The van der Waals surface area contributed by atoms with Crippen LogP contribution in [0.5, 0.6) is 0 Å². The second-order valence-corrected chi connectivity index (χ2v) is 12.3. The number of carbonyl (C=O) groups excluding carboxylic acids is 3. The molecule has 1 aromatic heterocycles. The summed E-state index contributed by atoms with van der Waals surface area (Å²) in [4.78, 5) is 47.4. The maximum Gasteiger partial charge on any atom is 0.268 e. The van der Waals surface area contributed by atoms with Crippen LogP contribution < -0.4 is 15.5 Å². The van der Waals surface area contributed by atoms with E-state index in [2.05, 4.69) is 77.4 Å². The average molecular weight is 550 g/mol. The molecule has 8 nitrogen and oxygen atoms in total. The van der Waals surface area contributed by atoms with Crippen LogP contribution in [0.25, 0.3) is 0 Å². The number of amides is 2. The smallest absolute Gasteiger partial charge is 0.268 e. The number of aromatic nitrogens is 1. The summed E-state index contributed by atoms with van der Waals surface area (Å²) in [7, 11) is 0. The number of rotatable bonds is 11. The number of benzene rings is 1. The van der Waals surface area contributed by atoms with Crippen LogP contribution in [-0.2, 0) is 17.8 Å². The molecule has 2 amide bonds. The van der Waals surface area contributed by atoms with Gasteiger partial charge < -0.3 is 20.5 Å². The van der Waals surface area contributed by atoms with Gasteiger partial charge in [0.1, 0.15) is 11.7 Å². The average Bonchev–Trinajstić information content (AvgIpc) is 3.25. The van der Waals surface area contributed by atoms with Gasteiger partial charge in [-0.3, -0.25) is 19.3 Å². The van der Waals surface area contributed by atoms with E-state index in [4.69, 9.17) is 0 Å². The normalized spacial score (nSPS) is 17.8. The predicted octanol–water partition coefficient (Wildman–Crippen LogP) is 4.62. The number of fused-ring (bicyclic) bond motifs is 1. The molecular weight excluding hydrogens is 502 g/mol. The zero-order valence-corrected chi connectivity index (χ0v) is 25.0. The molecule has 1 aromatic carbocycles. The fraction of sp³-hybridized carbons (Fsp3) is 0.594. The Balaban J connectivity index is 1.35. The number of H-pyrrole nitrogens is 1. The van der Waals surface area contributed by atoms with Crippen molar-refractivity contribution in [2.24, 2.45) is 5.41 Å². The van der Waals surface area contributed by atoms with E-state index in [0.717, 1.165) is 63.2 Å². The minimum absolute atomic E-state index is 0.0732. The fourth-order valence-electron chi connectivity index (χ4n) is 6.05. The Morgan fingerprint density at radius 2 is 1.73 bits per heavy atom. The highest BCUT2D eigenvalue weighted by Gasteiger charge is 2.35. The minimum atomic E-state index is -0.641. The van der Waals surface area contributed by atoms with Gasteiger partial charge in [0, 0.05) is 56.1 Å². The fourth-order valence-corrected chi connectivity index (χ4v) is 6.05. The second-order valence-electron chi connectivity index (χ2n) is 12.3. The molecule has 0 spiro atoms. The Morgan fingerprint density at radius 1 is 1.02 bits per heavy atom. The largest absolute Gasteiger partial charge is 0.369 e. The molecule has 2 aromatic rings. The molecule has 8 heteroatoms. The van der Waals surface area contributed by atoms with Crippen molar-refractivity contribution in [2.45, 2.75) is 85.7 Å². The topological polar surface area (TPSA) is 97.5 Å². The van der Waals surface area contributed by atoms with Crippen molar-refractivity contribution < 1.29 is 14.4 Å². The molecule has 40 heavy (non-hydrogen) atoms. The van der Waals surface area contributed by atoms with Crippen LogP contribution in [0.1, 0.15) is 97.5 Å². The monoisotopic (exact) mass is 549 g/mol. The van der Waals surface area contributed by atoms with Crippen molar-refractivity contribution in [3.8, 4) is 0 Å². The summed E-state index contributed by atoms with van der Waals surface area (Å²) < 4.78 is 0. The van der Waals surface area contributed by atoms with Gasteiger partial charge in [-0.2, -0.15) is 0 Å². The molecule has 2 heterocycles. The first-order valence-corrected chi connectivity index (χ1v) is 15.0. The summed E-state index contributed by atoms with van der Waals surface area (Å²) in [5, 5.41) is 5.98. The molecule has 0 saturated carbocycles. The van der Waals surface area contributed by atoms with Crippen molar-refractivity contribution in [3.63, 3.8) is 0 Å². The molecule has 1 aliphatic heterocycles. The third-order valence-corrected chi connectivity index (χ3v) is 8.28. The molecule has 2 aliphatic rings. The maximum atomic E-state index is 13.3. The predicted molar refractivity (Wildman–Crippen MR) is 160 cm³/mol. The van der Waals surface area contributed by atoms with Crippen molar-refractivity contribution in [1.29, 1.82) is 0 Å². The molecule has 3 N–H and O–H groups in total. The Kier molecular flexibility index (Phi) is 9.72. The molecule has 0 unspecified atom stereocenters. The van der Waals surface area contributed by atoms with Gasteiger partial charge in [0.25, 0.3) is 5.91 Å². The molecule has 218 valence electrons. The van der Waals surface area contributed by atoms with E-state index in [1.54, 1.807) is 0 Å². The highest BCUT2D eigenvalue weighted by molar-refractivity contribution is 6.05. The molecular formula is C32H47N5O3. The van der Waals surface area contributed by atoms with Crippen LogP contribution in [0.3, 0.4) is 0 Å². The summed E-state index contributed by atoms with van der Waals surface area (Å²) in [6.07, 6.45) is 4.69. The Morgan fingerprint density at radius 3 is 2.38 bits per heavy atom. The standard InChI is InChI=1S/C32H47N5O3/c1-6-8-9-25(35-31(40)29-22(3)28-26(34-29)19-32(4,5)20-27(28)38)30(39)33-21-23-10-12-24(13-11-23)37-17-15-36(14-7-2)16-18-37/h10-13,25,34H,6-9,14-21H2,1-5H3,(H,33,39)(H,35,40)/t25-/m0/s1. The number of unbranched alkanes of at least 4 members (excludes halogenated alkanes) is 1. The Bertz CT molecular complexity index is 1190. The maximum absolute atomic E-state index is 13.3. The summed E-state index contributed by atoms with van der Waals surface area (Å²) >= 11 is 0. The number of carbonyl (C=O) groups is 3. The molecule has 1 aliphatic carbocycles. The number of anilines is 1. The van der Waals surface area contributed by atoms with Gasteiger partial charge in [0.05, 0.1) is 0 Å². The number of nitrogens with one attached hydrogen (secondary N) is 3. The van der Waals surface area contributed by atoms with Crippen molar-refractivity contribution in [1.82, 2.24) is 20.5 Å². The summed E-state index contributed by atoms with van der Waals surface area (Å²) in [6, 6.07) is 7.76. The quantitative estimate of drug-likeness (QED) is 0.380. The minimum Gasteiger partial charge on any atom is -0.369 e. The number of nitrogens with zero attached hydrogens (tertiary/aromatic N) is 2. The number of aromatic amines is 1. The van der Waals surface area contributed by atoms with Gasteiger partial charge in [0.2, 0.25) is 5.91 Å². The van der Waals surface area contributed by atoms with Crippen LogP contribution in [0.15, 0.2) is 24.3 Å². The second kappa shape index (κ2) is 13.0. The highest BCUT2D eigenvalue weighted by atomic mass is 16.2. The van der Waals surface area contributed by atoms with Crippen LogP contribution in [-0.4, -0.2) is 66.2 Å². The van der Waals surface area contributed by atoms with Crippen LogP contribution in [0.2, 0.25) is 0 Å². The molecule has 1 saturated heterocycles. The van der Waals surface area contributed by atoms with E-state index in [9.17, 15) is 14.4 Å². The molecule has 4 rings (SSSR count). The third-order valence-electron chi connectivity index (χ3n) is 8.28. The first kappa shape index (κ1) is 29.8. The summed E-state index contributed by atoms with van der Waals surface area (Å²) in [5.41, 5.74) is 4.63.